The Hall–Kier alpha value is -3.26. The van der Waals surface area contributed by atoms with Crippen LogP contribution < -0.4 is 23.7 Å². The predicted octanol–water partition coefficient (Wildman–Crippen LogP) is 3.66. The number of nitrogens with zero attached hydrogens (tertiary/aromatic N) is 2. The summed E-state index contributed by atoms with van der Waals surface area (Å²) in [6.07, 6.45) is 1.74. The van der Waals surface area contributed by atoms with E-state index in [1.54, 1.807) is 38.5 Å². The lowest BCUT2D eigenvalue weighted by molar-refractivity contribution is 0.0994. The van der Waals surface area contributed by atoms with Gasteiger partial charge in [-0.15, -0.1) is 6.58 Å². The maximum atomic E-state index is 13.0. The molecular weight excluding hydrogens is 392 g/mol. The van der Waals surface area contributed by atoms with Crippen LogP contribution in [0.4, 0.5) is 0 Å². The Labute approximate surface area is 172 Å². The largest absolute Gasteiger partial charge is 0.497 e. The number of ether oxygens (including phenoxy) is 4. The van der Waals surface area contributed by atoms with Crippen molar-refractivity contribution in [3.63, 3.8) is 0 Å². The highest BCUT2D eigenvalue weighted by atomic mass is 32.1. The molecule has 0 bridgehead atoms. The number of methoxy groups -OCH3 is 4. The van der Waals surface area contributed by atoms with E-state index in [-0.39, 0.29) is 0 Å². The van der Waals surface area contributed by atoms with Gasteiger partial charge in [0.15, 0.2) is 4.80 Å². The minimum absolute atomic E-state index is 0.313. The molecule has 0 spiro atoms. The van der Waals surface area contributed by atoms with Crippen molar-refractivity contribution in [3.8, 4) is 23.0 Å². The van der Waals surface area contributed by atoms with E-state index in [4.69, 9.17) is 18.9 Å². The second-order valence-electron chi connectivity index (χ2n) is 5.91. The second kappa shape index (κ2) is 8.83. The lowest BCUT2D eigenvalue weighted by Crippen LogP contribution is -2.17. The quantitative estimate of drug-likeness (QED) is 0.552. The van der Waals surface area contributed by atoms with Crippen molar-refractivity contribution in [1.82, 2.24) is 4.57 Å². The molecule has 7 nitrogen and oxygen atoms in total. The molecule has 0 aliphatic heterocycles. The van der Waals surface area contributed by atoms with Gasteiger partial charge in [0.1, 0.15) is 33.2 Å². The van der Waals surface area contributed by atoms with Gasteiger partial charge in [0.2, 0.25) is 0 Å². The molecule has 0 N–H and O–H groups in total. The van der Waals surface area contributed by atoms with Crippen molar-refractivity contribution in [2.45, 2.75) is 6.54 Å². The number of carbonyl (C=O) groups is 1. The van der Waals surface area contributed by atoms with Crippen LogP contribution in [0.3, 0.4) is 0 Å². The summed E-state index contributed by atoms with van der Waals surface area (Å²) < 4.78 is 24.2. The highest BCUT2D eigenvalue weighted by Crippen LogP contribution is 2.35. The number of benzene rings is 2. The average Bonchev–Trinajstić information content (AvgIpc) is 3.10. The van der Waals surface area contributed by atoms with Crippen molar-refractivity contribution < 1.29 is 23.7 Å². The van der Waals surface area contributed by atoms with Crippen molar-refractivity contribution in [1.29, 1.82) is 0 Å². The molecule has 0 radical (unpaired) electrons. The van der Waals surface area contributed by atoms with E-state index in [0.717, 1.165) is 10.2 Å². The van der Waals surface area contributed by atoms with E-state index in [2.05, 4.69) is 11.6 Å². The van der Waals surface area contributed by atoms with Gasteiger partial charge in [-0.3, -0.25) is 4.79 Å². The molecule has 0 saturated carbocycles. The number of aromatic nitrogens is 1. The van der Waals surface area contributed by atoms with Crippen LogP contribution in [-0.4, -0.2) is 38.9 Å². The third kappa shape index (κ3) is 3.84. The van der Waals surface area contributed by atoms with Crippen molar-refractivity contribution in [3.05, 3.63) is 53.4 Å². The SMILES string of the molecule is C=CCn1c(=NC(=O)c2cc(OC)ccc2OC)sc2c(OC)ccc(OC)c21. The maximum absolute atomic E-state index is 13.0. The van der Waals surface area contributed by atoms with E-state index in [9.17, 15) is 4.79 Å². The predicted molar refractivity (Wildman–Crippen MR) is 113 cm³/mol. The summed E-state index contributed by atoms with van der Waals surface area (Å²) >= 11 is 1.34. The fourth-order valence-electron chi connectivity index (χ4n) is 2.97. The molecule has 3 rings (SSSR count). The van der Waals surface area contributed by atoms with E-state index in [0.29, 0.717) is 39.9 Å². The number of hydrogen-bond acceptors (Lipinski definition) is 6. The van der Waals surface area contributed by atoms with Gasteiger partial charge in [0.05, 0.1) is 34.0 Å². The van der Waals surface area contributed by atoms with Gasteiger partial charge < -0.3 is 23.5 Å². The molecule has 8 heteroatoms. The Morgan fingerprint density at radius 3 is 2.31 bits per heavy atom. The highest BCUT2D eigenvalue weighted by Gasteiger charge is 2.18. The van der Waals surface area contributed by atoms with Crippen LogP contribution in [0, 0.1) is 0 Å². The molecule has 2 aromatic carbocycles. The molecule has 0 atom stereocenters. The number of allylic oxidation sites excluding steroid dienone is 1. The number of amides is 1. The van der Waals surface area contributed by atoms with Gasteiger partial charge in [-0.2, -0.15) is 4.99 Å². The highest BCUT2D eigenvalue weighted by molar-refractivity contribution is 7.16. The Morgan fingerprint density at radius 1 is 1.03 bits per heavy atom. The normalized spacial score (nSPS) is 11.4. The van der Waals surface area contributed by atoms with E-state index < -0.39 is 5.91 Å². The fourth-order valence-corrected chi connectivity index (χ4v) is 4.11. The third-order valence-electron chi connectivity index (χ3n) is 4.34. The fraction of sp³-hybridized carbons (Fsp3) is 0.238. The number of rotatable bonds is 7. The zero-order chi connectivity index (χ0) is 21.0. The Balaban J connectivity index is 2.26. The summed E-state index contributed by atoms with van der Waals surface area (Å²) in [5, 5.41) is 0. The van der Waals surface area contributed by atoms with Crippen LogP contribution in [0.5, 0.6) is 23.0 Å². The van der Waals surface area contributed by atoms with Gasteiger partial charge in [-0.1, -0.05) is 17.4 Å². The molecule has 29 heavy (non-hydrogen) atoms. The molecule has 0 unspecified atom stereocenters. The van der Waals surface area contributed by atoms with Gasteiger partial charge >= 0.3 is 0 Å². The molecule has 1 heterocycles. The second-order valence-corrected chi connectivity index (χ2v) is 6.89. The number of thiazole rings is 1. The first kappa shape index (κ1) is 20.5. The van der Waals surface area contributed by atoms with Crippen molar-refractivity contribution in [2.24, 2.45) is 4.99 Å². The van der Waals surface area contributed by atoms with Crippen LogP contribution in [0.25, 0.3) is 10.2 Å². The Morgan fingerprint density at radius 2 is 1.69 bits per heavy atom. The first-order valence-corrected chi connectivity index (χ1v) is 9.55. The third-order valence-corrected chi connectivity index (χ3v) is 5.43. The molecule has 0 saturated heterocycles. The zero-order valence-electron chi connectivity index (χ0n) is 16.7. The van der Waals surface area contributed by atoms with E-state index in [1.807, 2.05) is 16.7 Å². The molecular formula is C21H22N2O5S. The maximum Gasteiger partial charge on any atom is 0.283 e. The number of fused-ring (bicyclic) bond motifs is 1. The van der Waals surface area contributed by atoms with Crippen LogP contribution in [0.15, 0.2) is 48.0 Å². The first-order valence-electron chi connectivity index (χ1n) is 8.74. The van der Waals surface area contributed by atoms with Gasteiger partial charge in [0.25, 0.3) is 5.91 Å². The van der Waals surface area contributed by atoms with Crippen LogP contribution in [0.1, 0.15) is 10.4 Å². The standard InChI is InChI=1S/C21H22N2O5S/c1-6-11-23-18-16(27-4)9-10-17(28-5)19(18)29-21(23)22-20(24)14-12-13(25-2)7-8-15(14)26-3/h6-10,12H,1,11H2,2-5H3. The van der Waals surface area contributed by atoms with Crippen molar-refractivity contribution >= 4 is 27.5 Å². The molecule has 0 aliphatic carbocycles. The molecule has 1 aromatic heterocycles. The molecule has 1 amide bonds. The summed E-state index contributed by atoms with van der Waals surface area (Å²) in [5.74, 6) is 1.86. The van der Waals surface area contributed by atoms with E-state index >= 15 is 0 Å². The summed E-state index contributed by atoms with van der Waals surface area (Å²) in [7, 11) is 6.24. The van der Waals surface area contributed by atoms with Crippen molar-refractivity contribution in [2.75, 3.05) is 28.4 Å². The first-order chi connectivity index (χ1) is 14.1. The topological polar surface area (TPSA) is 71.3 Å². The Bertz CT molecular complexity index is 1130. The monoisotopic (exact) mass is 414 g/mol. The van der Waals surface area contributed by atoms with Gasteiger partial charge in [-0.05, 0) is 30.3 Å². The molecule has 0 aliphatic rings. The number of hydrogen-bond donors (Lipinski definition) is 0. The lowest BCUT2D eigenvalue weighted by Gasteiger charge is -2.09. The van der Waals surface area contributed by atoms with Gasteiger partial charge in [-0.25, -0.2) is 0 Å². The van der Waals surface area contributed by atoms with Crippen LogP contribution in [-0.2, 0) is 6.54 Å². The average molecular weight is 414 g/mol. The molecule has 0 fully saturated rings. The summed E-state index contributed by atoms with van der Waals surface area (Å²) in [6, 6.07) is 8.66. The van der Waals surface area contributed by atoms with Crippen LogP contribution >= 0.6 is 11.3 Å². The molecule has 152 valence electrons. The summed E-state index contributed by atoms with van der Waals surface area (Å²) in [6.45, 7) is 4.27. The minimum Gasteiger partial charge on any atom is -0.497 e. The van der Waals surface area contributed by atoms with E-state index in [1.165, 1.54) is 25.6 Å². The molecule has 3 aromatic rings. The summed E-state index contributed by atoms with van der Waals surface area (Å²) in [5.41, 5.74) is 1.11. The Kier molecular flexibility index (Phi) is 6.23. The van der Waals surface area contributed by atoms with Gasteiger partial charge in [0, 0.05) is 6.54 Å². The van der Waals surface area contributed by atoms with Crippen LogP contribution in [0.2, 0.25) is 0 Å². The zero-order valence-corrected chi connectivity index (χ0v) is 17.5. The minimum atomic E-state index is -0.442. The lowest BCUT2D eigenvalue weighted by atomic mass is 10.2. The number of carbonyl (C=O) groups excluding carboxylic acids is 1. The summed E-state index contributed by atoms with van der Waals surface area (Å²) in [4.78, 5) is 17.9. The smallest absolute Gasteiger partial charge is 0.283 e.